The van der Waals surface area contributed by atoms with E-state index in [1.807, 2.05) is 26.0 Å². The van der Waals surface area contributed by atoms with E-state index in [2.05, 4.69) is 0 Å². The first-order valence-electron chi connectivity index (χ1n) is 4.77. The zero-order chi connectivity index (χ0) is 10.9. The molecule has 76 valence electrons. The van der Waals surface area contributed by atoms with Gasteiger partial charge in [0.15, 0.2) is 5.78 Å². The molecule has 0 N–H and O–H groups in total. The van der Waals surface area contributed by atoms with E-state index in [4.69, 9.17) is 0 Å². The quantitative estimate of drug-likeness (QED) is 0.673. The first-order chi connectivity index (χ1) is 6.35. The number of carbonyl (C=O) groups excluding carboxylic acids is 2. The van der Waals surface area contributed by atoms with Gasteiger partial charge in [0.2, 0.25) is 0 Å². The summed E-state index contributed by atoms with van der Waals surface area (Å²) in [6.07, 6.45) is 4.06. The van der Waals surface area contributed by atoms with E-state index in [9.17, 15) is 9.59 Å². The average molecular weight is 192 g/mol. The molecule has 0 aromatic rings. The van der Waals surface area contributed by atoms with Gasteiger partial charge < -0.3 is 0 Å². The summed E-state index contributed by atoms with van der Waals surface area (Å²) < 4.78 is 0. The Kier molecular flexibility index (Phi) is 2.74. The Morgan fingerprint density at radius 1 is 1.43 bits per heavy atom. The lowest BCUT2D eigenvalue weighted by atomic mass is 9.74. The minimum Gasteiger partial charge on any atom is -0.300 e. The smallest absolute Gasteiger partial charge is 0.168 e. The van der Waals surface area contributed by atoms with Crippen LogP contribution in [0.25, 0.3) is 0 Å². The van der Waals surface area contributed by atoms with Gasteiger partial charge >= 0.3 is 0 Å². The third-order valence-corrected chi connectivity index (χ3v) is 2.48. The third-order valence-electron chi connectivity index (χ3n) is 2.48. The molecule has 0 spiro atoms. The lowest BCUT2D eigenvalue weighted by Gasteiger charge is -2.27. The lowest BCUT2D eigenvalue weighted by molar-refractivity contribution is -0.127. The molecule has 1 atom stereocenters. The van der Waals surface area contributed by atoms with E-state index in [0.717, 1.165) is 11.1 Å². The number of allylic oxidation sites excluding steroid dienone is 4. The zero-order valence-corrected chi connectivity index (χ0v) is 9.18. The van der Waals surface area contributed by atoms with Crippen LogP contribution >= 0.6 is 0 Å². The van der Waals surface area contributed by atoms with Gasteiger partial charge in [0, 0.05) is 6.42 Å². The van der Waals surface area contributed by atoms with E-state index >= 15 is 0 Å². The number of rotatable bonds is 2. The summed E-state index contributed by atoms with van der Waals surface area (Å²) in [5, 5.41) is 0. The van der Waals surface area contributed by atoms with Crippen molar-refractivity contribution in [1.82, 2.24) is 0 Å². The molecule has 0 aromatic carbocycles. The predicted molar refractivity (Wildman–Crippen MR) is 55.9 cm³/mol. The van der Waals surface area contributed by atoms with Crippen molar-refractivity contribution in [1.29, 1.82) is 0 Å². The van der Waals surface area contributed by atoms with Gasteiger partial charge in [-0.1, -0.05) is 17.7 Å². The molecular weight excluding hydrogens is 176 g/mol. The predicted octanol–water partition coefficient (Wildman–Crippen LogP) is 2.45. The molecule has 0 radical (unpaired) electrons. The number of ketones is 2. The van der Waals surface area contributed by atoms with Crippen molar-refractivity contribution >= 4 is 11.6 Å². The second kappa shape index (κ2) is 3.52. The maximum atomic E-state index is 11.9. The molecule has 0 heterocycles. The van der Waals surface area contributed by atoms with Crippen molar-refractivity contribution in [3.8, 4) is 0 Å². The molecule has 1 unspecified atom stereocenters. The molecule has 0 saturated heterocycles. The zero-order valence-electron chi connectivity index (χ0n) is 9.18. The van der Waals surface area contributed by atoms with Crippen LogP contribution in [0.4, 0.5) is 0 Å². The summed E-state index contributed by atoms with van der Waals surface area (Å²) in [7, 11) is 0. The fraction of sp³-hybridized carbons (Fsp3) is 0.500. The summed E-state index contributed by atoms with van der Waals surface area (Å²) in [4.78, 5) is 22.9. The Balaban J connectivity index is 3.06. The highest BCUT2D eigenvalue weighted by molar-refractivity contribution is 6.04. The molecule has 14 heavy (non-hydrogen) atoms. The standard InChI is InChI=1S/C12H16O2/c1-8-5-9(2)11(14)12(4,6-8)7-10(3)13/h5-6H,7H2,1-4H3. The van der Waals surface area contributed by atoms with Crippen LogP contribution in [0.15, 0.2) is 23.3 Å². The highest BCUT2D eigenvalue weighted by Crippen LogP contribution is 2.33. The van der Waals surface area contributed by atoms with E-state index < -0.39 is 5.41 Å². The van der Waals surface area contributed by atoms with Gasteiger partial charge in [-0.2, -0.15) is 0 Å². The minimum absolute atomic E-state index is 0.0552. The van der Waals surface area contributed by atoms with Crippen LogP contribution in [0.3, 0.4) is 0 Å². The fourth-order valence-corrected chi connectivity index (χ4v) is 2.12. The first kappa shape index (κ1) is 10.9. The van der Waals surface area contributed by atoms with Crippen molar-refractivity contribution in [2.75, 3.05) is 0 Å². The minimum atomic E-state index is -0.616. The van der Waals surface area contributed by atoms with Crippen LogP contribution in [0.5, 0.6) is 0 Å². The summed E-state index contributed by atoms with van der Waals surface area (Å²) in [5.74, 6) is 0.123. The summed E-state index contributed by atoms with van der Waals surface area (Å²) in [6, 6.07) is 0. The van der Waals surface area contributed by atoms with Gasteiger partial charge in [-0.3, -0.25) is 9.59 Å². The maximum Gasteiger partial charge on any atom is 0.168 e. The van der Waals surface area contributed by atoms with Crippen LogP contribution in [0.2, 0.25) is 0 Å². The molecule has 0 bridgehead atoms. The van der Waals surface area contributed by atoms with Crippen LogP contribution in [-0.4, -0.2) is 11.6 Å². The van der Waals surface area contributed by atoms with Crippen LogP contribution < -0.4 is 0 Å². The van der Waals surface area contributed by atoms with Crippen LogP contribution in [0.1, 0.15) is 34.1 Å². The monoisotopic (exact) mass is 192 g/mol. The largest absolute Gasteiger partial charge is 0.300 e. The molecule has 0 fully saturated rings. The molecule has 0 aromatic heterocycles. The molecule has 0 saturated carbocycles. The Morgan fingerprint density at radius 3 is 2.50 bits per heavy atom. The maximum absolute atomic E-state index is 11.9. The topological polar surface area (TPSA) is 34.1 Å². The first-order valence-corrected chi connectivity index (χ1v) is 4.77. The number of hydrogen-bond acceptors (Lipinski definition) is 2. The van der Waals surface area contributed by atoms with Gasteiger partial charge in [0.05, 0.1) is 5.41 Å². The number of hydrogen-bond donors (Lipinski definition) is 0. The van der Waals surface area contributed by atoms with Crippen molar-refractivity contribution in [3.05, 3.63) is 23.3 Å². The molecule has 0 amide bonds. The summed E-state index contributed by atoms with van der Waals surface area (Å²) in [5.41, 5.74) is 1.19. The number of carbonyl (C=O) groups is 2. The third kappa shape index (κ3) is 2.00. The second-order valence-corrected chi connectivity index (χ2v) is 4.34. The highest BCUT2D eigenvalue weighted by Gasteiger charge is 2.34. The normalized spacial score (nSPS) is 27.0. The van der Waals surface area contributed by atoms with Crippen LogP contribution in [0, 0.1) is 5.41 Å². The lowest BCUT2D eigenvalue weighted by Crippen LogP contribution is -2.31. The number of Topliss-reactive ketones (excluding diaryl/α,β-unsaturated/α-hetero) is 2. The van der Waals surface area contributed by atoms with Gasteiger partial charge in [-0.25, -0.2) is 0 Å². The molecule has 1 aliphatic carbocycles. The molecule has 2 heteroatoms. The Labute approximate surface area is 84.7 Å². The Hall–Kier alpha value is -1.18. The van der Waals surface area contributed by atoms with E-state index in [0.29, 0.717) is 6.42 Å². The van der Waals surface area contributed by atoms with E-state index in [-0.39, 0.29) is 11.6 Å². The second-order valence-electron chi connectivity index (χ2n) is 4.34. The fourth-order valence-electron chi connectivity index (χ4n) is 2.12. The molecule has 1 aliphatic rings. The van der Waals surface area contributed by atoms with E-state index in [1.54, 1.807) is 6.92 Å². The molecule has 1 rings (SSSR count). The van der Waals surface area contributed by atoms with Crippen LogP contribution in [-0.2, 0) is 9.59 Å². The van der Waals surface area contributed by atoms with Gasteiger partial charge in [0.25, 0.3) is 0 Å². The summed E-state index contributed by atoms with van der Waals surface area (Å²) in [6.45, 7) is 7.11. The Bertz CT molecular complexity index is 347. The van der Waals surface area contributed by atoms with Crippen molar-refractivity contribution < 1.29 is 9.59 Å². The SMILES string of the molecule is CC(=O)CC1(C)C=C(C)C=C(C)C1=O. The molecule has 0 aliphatic heterocycles. The Morgan fingerprint density at radius 2 is 2.00 bits per heavy atom. The summed E-state index contributed by atoms with van der Waals surface area (Å²) >= 11 is 0. The van der Waals surface area contributed by atoms with Crippen molar-refractivity contribution in [2.45, 2.75) is 34.1 Å². The van der Waals surface area contributed by atoms with Gasteiger partial charge in [-0.15, -0.1) is 0 Å². The van der Waals surface area contributed by atoms with Gasteiger partial charge in [0.1, 0.15) is 5.78 Å². The molecular formula is C12H16O2. The van der Waals surface area contributed by atoms with Crippen molar-refractivity contribution in [3.63, 3.8) is 0 Å². The van der Waals surface area contributed by atoms with Crippen molar-refractivity contribution in [2.24, 2.45) is 5.41 Å². The highest BCUT2D eigenvalue weighted by atomic mass is 16.1. The van der Waals surface area contributed by atoms with Gasteiger partial charge in [-0.05, 0) is 33.3 Å². The van der Waals surface area contributed by atoms with E-state index in [1.165, 1.54) is 6.92 Å². The average Bonchev–Trinajstić information content (AvgIpc) is 1.98. The molecule has 2 nitrogen and oxygen atoms in total.